The molecule has 0 aromatic rings. The Labute approximate surface area is 85.1 Å². The van der Waals surface area contributed by atoms with Crippen molar-refractivity contribution in [1.29, 1.82) is 0 Å². The van der Waals surface area contributed by atoms with Gasteiger partial charge >= 0.3 is 0 Å². The van der Waals surface area contributed by atoms with Gasteiger partial charge in [-0.15, -0.1) is 0 Å². The predicted octanol–water partition coefficient (Wildman–Crippen LogP) is 0.0971. The maximum absolute atomic E-state index is 11.7. The molecule has 0 saturated carbocycles. The van der Waals surface area contributed by atoms with Crippen LogP contribution in [0.25, 0.3) is 0 Å². The van der Waals surface area contributed by atoms with Crippen LogP contribution < -0.4 is 5.73 Å². The van der Waals surface area contributed by atoms with Gasteiger partial charge in [0.2, 0.25) is 5.91 Å². The average molecular weight is 200 g/mol. The maximum atomic E-state index is 11.7. The van der Waals surface area contributed by atoms with Crippen LogP contribution in [0.2, 0.25) is 0 Å². The van der Waals surface area contributed by atoms with Crippen molar-refractivity contribution < 1.29 is 9.90 Å². The average Bonchev–Trinajstić information content (AvgIpc) is 2.14. The molecule has 14 heavy (non-hydrogen) atoms. The van der Waals surface area contributed by atoms with E-state index in [1.54, 1.807) is 11.8 Å². The van der Waals surface area contributed by atoms with Crippen molar-refractivity contribution in [2.24, 2.45) is 5.73 Å². The molecule has 1 amide bonds. The normalized spacial score (nSPS) is 30.1. The van der Waals surface area contributed by atoms with Crippen LogP contribution in [0, 0.1) is 0 Å². The number of carbonyl (C=O) groups excluding carboxylic acids is 1. The Bertz CT molecular complexity index is 216. The Hall–Kier alpha value is -0.610. The lowest BCUT2D eigenvalue weighted by Crippen LogP contribution is -2.53. The topological polar surface area (TPSA) is 66.6 Å². The van der Waals surface area contributed by atoms with Gasteiger partial charge in [0, 0.05) is 13.1 Å². The van der Waals surface area contributed by atoms with Crippen molar-refractivity contribution in [2.45, 2.75) is 44.8 Å². The fourth-order valence-electron chi connectivity index (χ4n) is 1.82. The lowest BCUT2D eigenvalue weighted by atomic mass is 9.94. The second-order valence-electron chi connectivity index (χ2n) is 4.38. The number of nitrogens with two attached hydrogens (primary N) is 1. The zero-order valence-electron chi connectivity index (χ0n) is 8.99. The smallest absolute Gasteiger partial charge is 0.239 e. The van der Waals surface area contributed by atoms with Gasteiger partial charge in [-0.05, 0) is 26.2 Å². The molecule has 82 valence electrons. The number of aliphatic hydroxyl groups is 1. The molecule has 1 saturated heterocycles. The van der Waals surface area contributed by atoms with E-state index in [1.807, 2.05) is 6.92 Å². The summed E-state index contributed by atoms with van der Waals surface area (Å²) < 4.78 is 0. The molecule has 4 heteroatoms. The van der Waals surface area contributed by atoms with Crippen LogP contribution >= 0.6 is 0 Å². The molecule has 1 fully saturated rings. The molecule has 3 N–H and O–H groups in total. The summed E-state index contributed by atoms with van der Waals surface area (Å²) >= 11 is 0. The minimum Gasteiger partial charge on any atom is -0.388 e. The van der Waals surface area contributed by atoms with Crippen molar-refractivity contribution >= 4 is 5.91 Å². The highest BCUT2D eigenvalue weighted by molar-refractivity contribution is 5.81. The van der Waals surface area contributed by atoms with Crippen molar-refractivity contribution in [2.75, 3.05) is 13.1 Å². The van der Waals surface area contributed by atoms with Gasteiger partial charge < -0.3 is 15.7 Å². The lowest BCUT2D eigenvalue weighted by Gasteiger charge is -2.37. The van der Waals surface area contributed by atoms with E-state index in [1.165, 1.54) is 0 Å². The lowest BCUT2D eigenvalue weighted by molar-refractivity contribution is -0.138. The van der Waals surface area contributed by atoms with Gasteiger partial charge in [-0.25, -0.2) is 0 Å². The van der Waals surface area contributed by atoms with Crippen molar-refractivity contribution in [1.82, 2.24) is 4.90 Å². The van der Waals surface area contributed by atoms with Crippen molar-refractivity contribution in [3.63, 3.8) is 0 Å². The first kappa shape index (κ1) is 11.5. The van der Waals surface area contributed by atoms with E-state index < -0.39 is 11.6 Å². The van der Waals surface area contributed by atoms with E-state index >= 15 is 0 Å². The van der Waals surface area contributed by atoms with E-state index in [-0.39, 0.29) is 5.91 Å². The van der Waals surface area contributed by atoms with Crippen LogP contribution in [-0.2, 0) is 4.79 Å². The number of likely N-dealkylation sites (tertiary alicyclic amines) is 1. The zero-order valence-corrected chi connectivity index (χ0v) is 8.99. The van der Waals surface area contributed by atoms with Crippen LogP contribution in [0.15, 0.2) is 0 Å². The third-order valence-electron chi connectivity index (χ3n) is 2.74. The quantitative estimate of drug-likeness (QED) is 0.664. The Morgan fingerprint density at radius 3 is 2.86 bits per heavy atom. The summed E-state index contributed by atoms with van der Waals surface area (Å²) in [5, 5.41) is 9.81. The van der Waals surface area contributed by atoms with Gasteiger partial charge in [0.15, 0.2) is 0 Å². The summed E-state index contributed by atoms with van der Waals surface area (Å²) in [5.74, 6) is -0.0347. The molecule has 0 aliphatic carbocycles. The Balaban J connectivity index is 2.56. The standard InChI is InChI=1S/C10H20N2O2/c1-3-8(11)9(13)12-6-4-5-10(2,14)7-12/h8,14H,3-7,11H2,1-2H3/t8-,10?/m1/s1. The van der Waals surface area contributed by atoms with Gasteiger partial charge in [0.25, 0.3) is 0 Å². The molecule has 1 rings (SSSR count). The van der Waals surface area contributed by atoms with E-state index in [0.29, 0.717) is 13.0 Å². The van der Waals surface area contributed by atoms with E-state index in [9.17, 15) is 9.90 Å². The zero-order chi connectivity index (χ0) is 10.8. The molecule has 0 aromatic heterocycles. The first-order valence-electron chi connectivity index (χ1n) is 5.23. The number of nitrogens with zero attached hydrogens (tertiary/aromatic N) is 1. The largest absolute Gasteiger partial charge is 0.388 e. The number of piperidine rings is 1. The fraction of sp³-hybridized carbons (Fsp3) is 0.900. The molecule has 0 spiro atoms. The molecule has 0 bridgehead atoms. The molecule has 1 aliphatic rings. The first-order valence-corrected chi connectivity index (χ1v) is 5.23. The number of hydrogen-bond acceptors (Lipinski definition) is 3. The second-order valence-corrected chi connectivity index (χ2v) is 4.38. The number of amides is 1. The molecule has 1 heterocycles. The minimum absolute atomic E-state index is 0.0347. The van der Waals surface area contributed by atoms with E-state index in [4.69, 9.17) is 5.73 Å². The summed E-state index contributed by atoms with van der Waals surface area (Å²) in [7, 11) is 0. The van der Waals surface area contributed by atoms with Crippen LogP contribution in [0.3, 0.4) is 0 Å². The molecule has 2 atom stereocenters. The molecule has 0 aromatic carbocycles. The third kappa shape index (κ3) is 2.69. The van der Waals surface area contributed by atoms with E-state index in [2.05, 4.69) is 0 Å². The summed E-state index contributed by atoms with van der Waals surface area (Å²) in [6.07, 6.45) is 2.27. The summed E-state index contributed by atoms with van der Waals surface area (Å²) in [5.41, 5.74) is 4.93. The van der Waals surface area contributed by atoms with Crippen molar-refractivity contribution in [3.05, 3.63) is 0 Å². The van der Waals surface area contributed by atoms with Gasteiger partial charge in [0.05, 0.1) is 11.6 Å². The van der Waals surface area contributed by atoms with Gasteiger partial charge in [0.1, 0.15) is 0 Å². The predicted molar refractivity (Wildman–Crippen MR) is 54.7 cm³/mol. The monoisotopic (exact) mass is 200 g/mol. The summed E-state index contributed by atoms with van der Waals surface area (Å²) in [4.78, 5) is 13.4. The van der Waals surface area contributed by atoms with Crippen molar-refractivity contribution in [3.8, 4) is 0 Å². The second kappa shape index (κ2) is 4.28. The molecular weight excluding hydrogens is 180 g/mol. The maximum Gasteiger partial charge on any atom is 0.239 e. The highest BCUT2D eigenvalue weighted by Crippen LogP contribution is 2.20. The number of hydrogen-bond donors (Lipinski definition) is 2. The number of rotatable bonds is 2. The molecule has 4 nitrogen and oxygen atoms in total. The molecule has 1 aliphatic heterocycles. The summed E-state index contributed by atoms with van der Waals surface area (Å²) in [6.45, 7) is 4.80. The van der Waals surface area contributed by atoms with Gasteiger partial charge in [-0.1, -0.05) is 6.92 Å². The third-order valence-corrected chi connectivity index (χ3v) is 2.74. The SMILES string of the molecule is CC[C@@H](N)C(=O)N1CCCC(C)(O)C1. The Morgan fingerprint density at radius 2 is 2.36 bits per heavy atom. The summed E-state index contributed by atoms with van der Waals surface area (Å²) in [6, 6.07) is -0.413. The molecular formula is C10H20N2O2. The fourth-order valence-corrected chi connectivity index (χ4v) is 1.82. The van der Waals surface area contributed by atoms with Crippen LogP contribution in [-0.4, -0.2) is 40.6 Å². The molecule has 0 radical (unpaired) electrons. The molecule has 1 unspecified atom stereocenters. The minimum atomic E-state index is -0.735. The number of β-amino-alcohol motifs (C(OH)–C–C–N with tert-alkyl or cyclic N) is 1. The highest BCUT2D eigenvalue weighted by atomic mass is 16.3. The van der Waals surface area contributed by atoms with Gasteiger partial charge in [-0.3, -0.25) is 4.79 Å². The Kier molecular flexibility index (Phi) is 3.50. The van der Waals surface area contributed by atoms with Gasteiger partial charge in [-0.2, -0.15) is 0 Å². The first-order chi connectivity index (χ1) is 6.46. The number of carbonyl (C=O) groups is 1. The Morgan fingerprint density at radius 1 is 1.71 bits per heavy atom. The van der Waals surface area contributed by atoms with Crippen LogP contribution in [0.4, 0.5) is 0 Å². The highest BCUT2D eigenvalue weighted by Gasteiger charge is 2.32. The van der Waals surface area contributed by atoms with Crippen LogP contribution in [0.5, 0.6) is 0 Å². The van der Waals surface area contributed by atoms with E-state index in [0.717, 1.165) is 19.4 Å². The van der Waals surface area contributed by atoms with Crippen LogP contribution in [0.1, 0.15) is 33.1 Å².